The summed E-state index contributed by atoms with van der Waals surface area (Å²) in [6, 6.07) is 9.18. The van der Waals surface area contributed by atoms with Crippen LogP contribution in [0.3, 0.4) is 0 Å². The van der Waals surface area contributed by atoms with Crippen molar-refractivity contribution in [3.8, 4) is 10.4 Å². The molecule has 1 atom stereocenters. The number of ether oxygens (including phenoxy) is 1. The van der Waals surface area contributed by atoms with Gasteiger partial charge in [0.2, 0.25) is 0 Å². The summed E-state index contributed by atoms with van der Waals surface area (Å²) in [5.74, 6) is -0.193. The summed E-state index contributed by atoms with van der Waals surface area (Å²) in [6.07, 6.45) is 2.25. The van der Waals surface area contributed by atoms with E-state index in [0.717, 1.165) is 42.2 Å². The first-order chi connectivity index (χ1) is 9.31. The number of benzene rings is 1. The van der Waals surface area contributed by atoms with Crippen molar-refractivity contribution < 1.29 is 9.13 Å². The molecular weight excluding hydrogens is 261 g/mol. The van der Waals surface area contributed by atoms with Gasteiger partial charge in [0.15, 0.2) is 0 Å². The lowest BCUT2D eigenvalue weighted by Crippen LogP contribution is -2.29. The molecule has 0 aliphatic carbocycles. The lowest BCUT2D eigenvalue weighted by atomic mass is 10.1. The maximum Gasteiger partial charge on any atom is 0.123 e. The quantitative estimate of drug-likeness (QED) is 0.910. The van der Waals surface area contributed by atoms with Crippen LogP contribution in [0.2, 0.25) is 0 Å². The van der Waals surface area contributed by atoms with E-state index in [-0.39, 0.29) is 5.82 Å². The highest BCUT2D eigenvalue weighted by atomic mass is 32.1. The second-order valence-corrected chi connectivity index (χ2v) is 5.68. The fourth-order valence-electron chi connectivity index (χ4n) is 2.30. The number of hydrogen-bond acceptors (Lipinski definition) is 3. The average Bonchev–Trinajstić information content (AvgIpc) is 2.88. The van der Waals surface area contributed by atoms with Crippen LogP contribution >= 0.6 is 11.3 Å². The predicted molar refractivity (Wildman–Crippen MR) is 77.2 cm³/mol. The molecule has 0 saturated carbocycles. The van der Waals surface area contributed by atoms with Crippen LogP contribution in [0.25, 0.3) is 10.4 Å². The third-order valence-electron chi connectivity index (χ3n) is 3.24. The Kier molecular flexibility index (Phi) is 3.80. The Balaban J connectivity index is 1.72. The summed E-state index contributed by atoms with van der Waals surface area (Å²) in [6.45, 7) is 1.64. The fourth-order valence-corrected chi connectivity index (χ4v) is 3.14. The maximum atomic E-state index is 13.2. The van der Waals surface area contributed by atoms with Crippen molar-refractivity contribution in [2.75, 3.05) is 18.5 Å². The highest BCUT2D eigenvalue weighted by molar-refractivity contribution is 7.14. The lowest BCUT2D eigenvalue weighted by molar-refractivity contribution is 0.0876. The van der Waals surface area contributed by atoms with Gasteiger partial charge in [-0.1, -0.05) is 12.1 Å². The number of rotatable bonds is 3. The minimum atomic E-state index is -0.193. The Morgan fingerprint density at radius 2 is 2.26 bits per heavy atom. The van der Waals surface area contributed by atoms with Gasteiger partial charge in [0.1, 0.15) is 5.82 Å². The zero-order chi connectivity index (χ0) is 13.1. The molecule has 1 saturated heterocycles. The van der Waals surface area contributed by atoms with Crippen LogP contribution in [-0.2, 0) is 4.74 Å². The fraction of sp³-hybridized carbons (Fsp3) is 0.333. The van der Waals surface area contributed by atoms with Crippen molar-refractivity contribution in [2.45, 2.75) is 18.9 Å². The van der Waals surface area contributed by atoms with Crippen LogP contribution in [0.4, 0.5) is 10.1 Å². The van der Waals surface area contributed by atoms with Gasteiger partial charge >= 0.3 is 0 Å². The van der Waals surface area contributed by atoms with Crippen LogP contribution < -0.4 is 5.32 Å². The third kappa shape index (κ3) is 3.14. The third-order valence-corrected chi connectivity index (χ3v) is 4.22. The van der Waals surface area contributed by atoms with E-state index in [1.165, 1.54) is 6.07 Å². The normalized spacial score (nSPS) is 19.3. The summed E-state index contributed by atoms with van der Waals surface area (Å²) >= 11 is 1.63. The Morgan fingerprint density at radius 1 is 1.32 bits per heavy atom. The molecule has 1 unspecified atom stereocenters. The zero-order valence-electron chi connectivity index (χ0n) is 10.6. The lowest BCUT2D eigenvalue weighted by Gasteiger charge is -2.23. The number of halogens is 1. The van der Waals surface area contributed by atoms with Crippen molar-refractivity contribution in [3.63, 3.8) is 0 Å². The van der Waals surface area contributed by atoms with Gasteiger partial charge in [-0.3, -0.25) is 0 Å². The molecule has 2 aromatic rings. The summed E-state index contributed by atoms with van der Waals surface area (Å²) in [4.78, 5) is 1.08. The highest BCUT2D eigenvalue weighted by Crippen LogP contribution is 2.30. The number of nitrogens with one attached hydrogen (secondary N) is 1. The molecule has 1 aliphatic heterocycles. The van der Waals surface area contributed by atoms with Gasteiger partial charge in [0.05, 0.1) is 6.61 Å². The molecule has 3 rings (SSSR count). The Bertz CT molecular complexity index is 549. The molecule has 1 N–H and O–H groups in total. The van der Waals surface area contributed by atoms with Gasteiger partial charge in [0.25, 0.3) is 0 Å². The largest absolute Gasteiger partial charge is 0.379 e. The predicted octanol–water partition coefficient (Wildman–Crippen LogP) is 4.15. The van der Waals surface area contributed by atoms with E-state index in [2.05, 4.69) is 16.8 Å². The Hall–Kier alpha value is -1.39. The smallest absolute Gasteiger partial charge is 0.123 e. The highest BCUT2D eigenvalue weighted by Gasteiger charge is 2.14. The topological polar surface area (TPSA) is 21.3 Å². The summed E-state index contributed by atoms with van der Waals surface area (Å²) in [5.41, 5.74) is 2.03. The molecule has 0 bridgehead atoms. The average molecular weight is 277 g/mol. The van der Waals surface area contributed by atoms with Gasteiger partial charge in [-0.15, -0.1) is 11.3 Å². The van der Waals surface area contributed by atoms with Crippen molar-refractivity contribution in [2.24, 2.45) is 0 Å². The molecule has 19 heavy (non-hydrogen) atoms. The number of anilines is 1. The molecule has 1 aromatic heterocycles. The van der Waals surface area contributed by atoms with E-state index in [0.29, 0.717) is 6.04 Å². The first-order valence-electron chi connectivity index (χ1n) is 6.50. The molecule has 2 nitrogen and oxygen atoms in total. The minimum absolute atomic E-state index is 0.193. The molecule has 4 heteroatoms. The van der Waals surface area contributed by atoms with Gasteiger partial charge in [0, 0.05) is 28.6 Å². The van der Waals surface area contributed by atoms with E-state index in [1.54, 1.807) is 23.5 Å². The number of hydrogen-bond donors (Lipinski definition) is 1. The standard InChI is InChI=1S/C15H16FNOS/c16-12-4-1-3-11(7-12)15-8-14(10-19-15)17-13-5-2-6-18-9-13/h1,3-4,7-8,10,13,17H,2,5-6,9H2. The zero-order valence-corrected chi connectivity index (χ0v) is 11.4. The van der Waals surface area contributed by atoms with Crippen LogP contribution in [0, 0.1) is 5.82 Å². The van der Waals surface area contributed by atoms with E-state index in [9.17, 15) is 4.39 Å². The molecule has 1 aliphatic rings. The first kappa shape index (κ1) is 12.6. The first-order valence-corrected chi connectivity index (χ1v) is 7.38. The molecule has 0 spiro atoms. The van der Waals surface area contributed by atoms with E-state index < -0.39 is 0 Å². The van der Waals surface area contributed by atoms with Gasteiger partial charge in [-0.05, 0) is 36.6 Å². The molecule has 100 valence electrons. The second kappa shape index (κ2) is 5.72. The Labute approximate surface area is 116 Å². The summed E-state index contributed by atoms with van der Waals surface area (Å²) in [7, 11) is 0. The van der Waals surface area contributed by atoms with Gasteiger partial charge < -0.3 is 10.1 Å². The van der Waals surface area contributed by atoms with E-state index in [1.807, 2.05) is 6.07 Å². The summed E-state index contributed by atoms with van der Waals surface area (Å²) in [5, 5.41) is 5.56. The molecule has 0 amide bonds. The molecule has 1 aromatic carbocycles. The molecule has 0 radical (unpaired) electrons. The van der Waals surface area contributed by atoms with Crippen LogP contribution in [0.1, 0.15) is 12.8 Å². The van der Waals surface area contributed by atoms with Crippen LogP contribution in [-0.4, -0.2) is 19.3 Å². The molecule has 2 heterocycles. The number of thiophene rings is 1. The SMILES string of the molecule is Fc1cccc(-c2cc(NC3CCCOC3)cs2)c1. The molecule has 1 fully saturated rings. The van der Waals surface area contributed by atoms with Crippen molar-refractivity contribution >= 4 is 17.0 Å². The van der Waals surface area contributed by atoms with E-state index >= 15 is 0 Å². The summed E-state index contributed by atoms with van der Waals surface area (Å²) < 4.78 is 18.7. The maximum absolute atomic E-state index is 13.2. The van der Waals surface area contributed by atoms with Crippen molar-refractivity contribution in [1.82, 2.24) is 0 Å². The van der Waals surface area contributed by atoms with Crippen LogP contribution in [0.15, 0.2) is 35.7 Å². The van der Waals surface area contributed by atoms with Crippen molar-refractivity contribution in [3.05, 3.63) is 41.5 Å². The second-order valence-electron chi connectivity index (χ2n) is 4.77. The molecular formula is C15H16FNOS. The minimum Gasteiger partial charge on any atom is -0.379 e. The van der Waals surface area contributed by atoms with Gasteiger partial charge in [-0.2, -0.15) is 0 Å². The van der Waals surface area contributed by atoms with Crippen LogP contribution in [0.5, 0.6) is 0 Å². The monoisotopic (exact) mass is 277 g/mol. The van der Waals surface area contributed by atoms with Gasteiger partial charge in [-0.25, -0.2) is 4.39 Å². The van der Waals surface area contributed by atoms with E-state index in [4.69, 9.17) is 4.74 Å². The Morgan fingerprint density at radius 3 is 3.05 bits per heavy atom. The van der Waals surface area contributed by atoms with Crippen molar-refractivity contribution in [1.29, 1.82) is 0 Å².